The predicted octanol–water partition coefficient (Wildman–Crippen LogP) is 12.5. The zero-order valence-corrected chi connectivity index (χ0v) is 35.1. The van der Waals surface area contributed by atoms with E-state index in [0.717, 1.165) is 17.3 Å². The van der Waals surface area contributed by atoms with E-state index in [1.54, 1.807) is 5.19 Å². The van der Waals surface area contributed by atoms with E-state index in [9.17, 15) is 0 Å². The van der Waals surface area contributed by atoms with Gasteiger partial charge in [0.15, 0.2) is 6.29 Å². The minimum atomic E-state index is -1.45. The molecule has 0 radical (unpaired) electrons. The van der Waals surface area contributed by atoms with E-state index in [1.807, 2.05) is 0 Å². The van der Waals surface area contributed by atoms with Crippen LogP contribution in [0.2, 0.25) is 0 Å². The van der Waals surface area contributed by atoms with Gasteiger partial charge in [0.05, 0.1) is 0 Å². The Kier molecular flexibility index (Phi) is 9.73. The Labute approximate surface area is 341 Å². The second kappa shape index (κ2) is 14.9. The van der Waals surface area contributed by atoms with Gasteiger partial charge in [0.25, 0.3) is 0 Å². The molecule has 0 saturated carbocycles. The molecule has 6 aromatic rings. The Morgan fingerprint density at radius 2 is 1.25 bits per heavy atom. The first-order valence-electron chi connectivity index (χ1n) is 18.5. The molecule has 1 aliphatic heterocycles. The van der Waals surface area contributed by atoms with Crippen LogP contribution < -0.4 is 20.2 Å². The molecule has 9 rings (SSSR count). The highest BCUT2D eigenvalue weighted by Crippen LogP contribution is 2.46. The van der Waals surface area contributed by atoms with Gasteiger partial charge in [-0.1, -0.05) is 133 Å². The molecule has 0 spiro atoms. The minimum absolute atomic E-state index is 0.294. The van der Waals surface area contributed by atoms with Crippen LogP contribution in [-0.4, -0.2) is 6.29 Å². The van der Waals surface area contributed by atoms with Crippen LogP contribution in [0.3, 0.4) is 0 Å². The number of anilines is 5. The van der Waals surface area contributed by atoms with Gasteiger partial charge in [-0.3, -0.25) is 0 Å². The summed E-state index contributed by atoms with van der Waals surface area (Å²) < 4.78 is 0.958. The zero-order chi connectivity index (χ0) is 35.9. The Morgan fingerprint density at radius 1 is 0.623 bits per heavy atom. The molecule has 3 unspecified atom stereocenters. The van der Waals surface area contributed by atoms with Crippen LogP contribution in [0, 0.1) is 5.92 Å². The van der Waals surface area contributed by atoms with E-state index in [-0.39, 0.29) is 0 Å². The molecule has 1 heterocycles. The summed E-state index contributed by atoms with van der Waals surface area (Å²) in [5.74, 6) is 0.686. The predicted molar refractivity (Wildman–Crippen MR) is 246 cm³/mol. The van der Waals surface area contributed by atoms with Crippen molar-refractivity contribution in [1.29, 1.82) is 0 Å². The number of para-hydroxylation sites is 3. The van der Waals surface area contributed by atoms with Crippen LogP contribution in [0.4, 0.5) is 28.4 Å². The van der Waals surface area contributed by atoms with Gasteiger partial charge in [0, 0.05) is 44.5 Å². The number of fused-ring (bicyclic) bond motifs is 5. The summed E-state index contributed by atoms with van der Waals surface area (Å²) in [6, 6.07) is 51.8. The third-order valence-electron chi connectivity index (χ3n) is 11.0. The second-order valence-electron chi connectivity index (χ2n) is 14.2. The Balaban J connectivity index is 1.12. The van der Waals surface area contributed by atoms with Crippen LogP contribution in [0.15, 0.2) is 170 Å². The van der Waals surface area contributed by atoms with E-state index in [2.05, 4.69) is 231 Å². The van der Waals surface area contributed by atoms with Crippen molar-refractivity contribution in [3.63, 3.8) is 0 Å². The number of hydrogen-bond donors (Lipinski definition) is 0. The first kappa shape index (κ1) is 34.6. The lowest BCUT2D eigenvalue weighted by atomic mass is 9.73. The second-order valence-corrected chi connectivity index (χ2v) is 20.6. The van der Waals surface area contributed by atoms with Crippen LogP contribution >= 0.6 is 44.4 Å². The standard InChI is InChI=1S/C48H40I2N2Si/c1-33-22-25-43-42(47(33)41-26-23-39(30-34(41)32-49)51(35-14-6-2-7-15-35)36-16-8-3-9-17-36)28-29-45-48(43)44-27-24-40(31-46(44)53(45)50)52(37-18-10-4-11-19-37)38-20-12-5-13-21-38/h2,4-8,10-31,33,47,53H,3,9,32H2,1H3. The van der Waals surface area contributed by atoms with Crippen molar-refractivity contribution < 1.29 is 0 Å². The SMILES string of the molecule is CC1C=Cc2c(ccc3c2-c2ccc(N(c4ccccc4)c4ccccc4)cc2[SiH]3I)C1c1ccc(N(C2=CCCC=C2)c2ccccc2)cc1CI. The van der Waals surface area contributed by atoms with Gasteiger partial charge >= 0.3 is 0 Å². The van der Waals surface area contributed by atoms with Gasteiger partial charge in [-0.2, -0.15) is 0 Å². The molecule has 0 bridgehead atoms. The molecule has 0 fully saturated rings. The topological polar surface area (TPSA) is 6.48 Å². The third kappa shape index (κ3) is 6.34. The molecule has 0 amide bonds. The molecule has 6 aromatic carbocycles. The maximum Gasteiger partial charge on any atom is 0.172 e. The van der Waals surface area contributed by atoms with E-state index >= 15 is 0 Å². The lowest BCUT2D eigenvalue weighted by molar-refractivity contribution is 0.616. The monoisotopic (exact) mass is 926 g/mol. The number of benzene rings is 6. The summed E-state index contributed by atoms with van der Waals surface area (Å²) in [5, 5.41) is 3.08. The lowest BCUT2D eigenvalue weighted by Crippen LogP contribution is -2.32. The van der Waals surface area contributed by atoms with Gasteiger partial charge in [-0.25, -0.2) is 0 Å². The van der Waals surface area contributed by atoms with Crippen LogP contribution in [0.1, 0.15) is 47.9 Å². The molecule has 260 valence electrons. The normalized spacial score (nSPS) is 18.2. The van der Waals surface area contributed by atoms with E-state index in [1.165, 1.54) is 72.7 Å². The molecule has 2 aliphatic carbocycles. The van der Waals surface area contributed by atoms with Gasteiger partial charge in [-0.05, 0) is 129 Å². The van der Waals surface area contributed by atoms with Crippen LogP contribution in [-0.2, 0) is 4.43 Å². The van der Waals surface area contributed by atoms with Crippen molar-refractivity contribution in [3.05, 3.63) is 192 Å². The van der Waals surface area contributed by atoms with Gasteiger partial charge < -0.3 is 9.80 Å². The number of hydrogen-bond acceptors (Lipinski definition) is 2. The minimum Gasteiger partial charge on any atom is -0.311 e. The average Bonchev–Trinajstić information content (AvgIpc) is 3.50. The van der Waals surface area contributed by atoms with Crippen molar-refractivity contribution in [2.45, 2.75) is 30.1 Å². The molecule has 0 aromatic heterocycles. The molecular weight excluding hydrogens is 886 g/mol. The molecule has 2 nitrogen and oxygen atoms in total. The van der Waals surface area contributed by atoms with Crippen molar-refractivity contribution in [3.8, 4) is 11.1 Å². The summed E-state index contributed by atoms with van der Waals surface area (Å²) in [7, 11) is 0. The van der Waals surface area contributed by atoms with Gasteiger partial charge in [0.1, 0.15) is 0 Å². The number of alkyl halides is 1. The lowest BCUT2D eigenvalue weighted by Gasteiger charge is -2.33. The highest BCUT2D eigenvalue weighted by molar-refractivity contribution is 14.1. The Morgan fingerprint density at radius 3 is 1.89 bits per heavy atom. The van der Waals surface area contributed by atoms with Crippen molar-refractivity contribution in [1.82, 2.24) is 0 Å². The van der Waals surface area contributed by atoms with Crippen LogP contribution in [0.5, 0.6) is 0 Å². The van der Waals surface area contributed by atoms with Gasteiger partial charge in [0.2, 0.25) is 0 Å². The third-order valence-corrected chi connectivity index (χ3v) is 17.9. The quantitative estimate of drug-likeness (QED) is 0.0649. The summed E-state index contributed by atoms with van der Waals surface area (Å²) in [6.07, 6.45) is 12.6. The van der Waals surface area contributed by atoms with E-state index < -0.39 is 6.29 Å². The zero-order valence-electron chi connectivity index (χ0n) is 29.7. The van der Waals surface area contributed by atoms with Crippen LogP contribution in [0.25, 0.3) is 17.2 Å². The average molecular weight is 927 g/mol. The Hall–Kier alpha value is -4.18. The maximum absolute atomic E-state index is 2.81. The molecule has 0 N–H and O–H groups in total. The summed E-state index contributed by atoms with van der Waals surface area (Å²) in [4.78, 5) is 4.82. The van der Waals surface area contributed by atoms with Crippen molar-refractivity contribution in [2.75, 3.05) is 9.80 Å². The summed E-state index contributed by atoms with van der Waals surface area (Å²) in [6.45, 7) is 2.40. The highest BCUT2D eigenvalue weighted by Gasteiger charge is 2.35. The maximum atomic E-state index is 2.81. The van der Waals surface area contributed by atoms with E-state index in [4.69, 9.17) is 0 Å². The number of nitrogens with zero attached hydrogens (tertiary/aromatic N) is 2. The van der Waals surface area contributed by atoms with Crippen molar-refractivity contribution in [2.24, 2.45) is 5.92 Å². The molecule has 3 atom stereocenters. The number of rotatable bonds is 8. The number of halogens is 2. The molecule has 0 saturated heterocycles. The molecule has 3 aliphatic rings. The van der Waals surface area contributed by atoms with E-state index in [0.29, 0.717) is 11.8 Å². The first-order valence-corrected chi connectivity index (χ1v) is 25.4. The van der Waals surface area contributed by atoms with Gasteiger partial charge in [-0.15, -0.1) is 21.8 Å². The number of allylic oxidation sites excluding steroid dienone is 4. The summed E-state index contributed by atoms with van der Waals surface area (Å²) in [5.41, 5.74) is 15.9. The van der Waals surface area contributed by atoms with Crippen molar-refractivity contribution >= 4 is 95.6 Å². The first-order chi connectivity index (χ1) is 26.1. The molecule has 53 heavy (non-hydrogen) atoms. The Bertz CT molecular complexity index is 2350. The highest BCUT2D eigenvalue weighted by atomic mass is 127. The fourth-order valence-corrected chi connectivity index (χ4v) is 14.3. The molecule has 5 heteroatoms. The fourth-order valence-electron chi connectivity index (χ4n) is 8.54. The smallest absolute Gasteiger partial charge is 0.172 e. The molecular formula is C48H40I2N2Si. The fraction of sp³-hybridized carbons (Fsp3) is 0.125. The summed E-state index contributed by atoms with van der Waals surface area (Å²) >= 11 is 5.38. The largest absolute Gasteiger partial charge is 0.311 e.